The molecule has 0 radical (unpaired) electrons. The summed E-state index contributed by atoms with van der Waals surface area (Å²) < 4.78 is 0. The molecule has 2 rings (SSSR count). The van der Waals surface area contributed by atoms with Crippen LogP contribution < -0.4 is 0 Å². The van der Waals surface area contributed by atoms with Crippen molar-refractivity contribution in [1.29, 1.82) is 0 Å². The summed E-state index contributed by atoms with van der Waals surface area (Å²) in [5, 5.41) is 0. The highest BCUT2D eigenvalue weighted by Crippen LogP contribution is 2.50. The minimum atomic E-state index is -1.01. The van der Waals surface area contributed by atoms with Crippen LogP contribution in [0.5, 0.6) is 0 Å². The summed E-state index contributed by atoms with van der Waals surface area (Å²) in [6.07, 6.45) is 2.94. The van der Waals surface area contributed by atoms with Crippen molar-refractivity contribution in [2.45, 2.75) is 31.0 Å². The normalized spacial score (nSPS) is 52.9. The van der Waals surface area contributed by atoms with Crippen LogP contribution in [0.25, 0.3) is 0 Å². The third kappa shape index (κ3) is 0.644. The molecule has 8 heavy (non-hydrogen) atoms. The Morgan fingerprint density at radius 2 is 1.88 bits per heavy atom. The summed E-state index contributed by atoms with van der Waals surface area (Å²) in [5.74, 6) is 1.07. The lowest BCUT2D eigenvalue weighted by Crippen LogP contribution is -2.17. The lowest BCUT2D eigenvalue weighted by Gasteiger charge is -2.12. The largest absolute Gasteiger partial charge is 0.167 e. The summed E-state index contributed by atoms with van der Waals surface area (Å²) in [7, 11) is -1.01. The van der Waals surface area contributed by atoms with E-state index in [4.69, 9.17) is 11.1 Å². The Balaban J connectivity index is 2.19. The molecule has 0 amide bonds. The fourth-order valence-corrected chi connectivity index (χ4v) is 7.38. The summed E-state index contributed by atoms with van der Waals surface area (Å²) >= 11 is 6.34. The molecule has 0 spiro atoms. The molecule has 46 valence electrons. The van der Waals surface area contributed by atoms with Crippen molar-refractivity contribution in [2.24, 2.45) is 5.92 Å². The fourth-order valence-electron chi connectivity index (χ4n) is 2.12. The van der Waals surface area contributed by atoms with Gasteiger partial charge in [-0.1, -0.05) is 12.8 Å². The van der Waals surface area contributed by atoms with Crippen LogP contribution in [0.2, 0.25) is 18.1 Å². The van der Waals surface area contributed by atoms with Crippen LogP contribution >= 0.6 is 11.1 Å². The molecule has 2 aliphatic rings. The van der Waals surface area contributed by atoms with Gasteiger partial charge in [0.15, 0.2) is 7.38 Å². The number of rotatable bonds is 0. The number of hydrogen-bond acceptors (Lipinski definition) is 0. The van der Waals surface area contributed by atoms with Gasteiger partial charge in [-0.25, -0.2) is 0 Å². The highest BCUT2D eigenvalue weighted by molar-refractivity contribution is 7.21. The van der Waals surface area contributed by atoms with Gasteiger partial charge in [-0.15, -0.1) is 0 Å². The van der Waals surface area contributed by atoms with Gasteiger partial charge >= 0.3 is 0 Å². The van der Waals surface area contributed by atoms with Crippen LogP contribution in [-0.2, 0) is 0 Å². The minimum Gasteiger partial charge on any atom is -0.167 e. The summed E-state index contributed by atoms with van der Waals surface area (Å²) in [5.41, 5.74) is 0. The molecule has 0 atom stereocenters. The Labute approximate surface area is 55.9 Å². The van der Waals surface area contributed by atoms with Crippen molar-refractivity contribution in [3.63, 3.8) is 0 Å². The molecule has 0 aliphatic carbocycles. The molecule has 2 bridgehead atoms. The lowest BCUT2D eigenvalue weighted by atomic mass is 10.1. The molecule has 2 saturated heterocycles. The van der Waals surface area contributed by atoms with Gasteiger partial charge in [0.05, 0.1) is 0 Å². The van der Waals surface area contributed by atoms with E-state index in [2.05, 4.69) is 0 Å². The van der Waals surface area contributed by atoms with E-state index in [1.54, 1.807) is 0 Å². The zero-order valence-corrected chi connectivity index (χ0v) is 6.75. The Hall–Kier alpha value is 0.507. The molecule has 2 fully saturated rings. The van der Waals surface area contributed by atoms with E-state index in [-0.39, 0.29) is 0 Å². The van der Waals surface area contributed by atoms with E-state index in [1.807, 2.05) is 0 Å². The average molecular weight is 147 g/mol. The van der Waals surface area contributed by atoms with Gasteiger partial charge in [0, 0.05) is 0 Å². The first-order chi connectivity index (χ1) is 3.79. The van der Waals surface area contributed by atoms with Gasteiger partial charge < -0.3 is 0 Å². The van der Waals surface area contributed by atoms with Gasteiger partial charge in [-0.05, 0) is 24.1 Å². The molecule has 0 aromatic heterocycles. The highest BCUT2D eigenvalue weighted by atomic mass is 35.6. The van der Waals surface area contributed by atoms with Gasteiger partial charge in [-0.2, -0.15) is 11.1 Å². The van der Waals surface area contributed by atoms with Crippen LogP contribution in [0.4, 0.5) is 0 Å². The third-order valence-corrected chi connectivity index (χ3v) is 7.93. The topological polar surface area (TPSA) is 0 Å². The van der Waals surface area contributed by atoms with E-state index < -0.39 is 7.38 Å². The predicted octanol–water partition coefficient (Wildman–Crippen LogP) is 2.59. The molecule has 0 saturated carbocycles. The first-order valence-electron chi connectivity index (χ1n) is 3.47. The van der Waals surface area contributed by atoms with E-state index in [0.717, 1.165) is 5.92 Å². The van der Waals surface area contributed by atoms with Crippen LogP contribution in [-0.4, -0.2) is 7.38 Å². The van der Waals surface area contributed by atoms with Gasteiger partial charge in [0.2, 0.25) is 0 Å². The predicted molar refractivity (Wildman–Crippen MR) is 38.8 cm³/mol. The second-order valence-corrected chi connectivity index (χ2v) is 9.41. The molecule has 2 heteroatoms. The van der Waals surface area contributed by atoms with Crippen molar-refractivity contribution >= 4 is 18.5 Å². The second-order valence-electron chi connectivity index (χ2n) is 3.30. The monoisotopic (exact) mass is 146 g/mol. The molecule has 0 unspecified atom stereocenters. The maximum Gasteiger partial charge on any atom is 0.156 e. The Morgan fingerprint density at radius 1 is 1.25 bits per heavy atom. The van der Waals surface area contributed by atoms with Crippen molar-refractivity contribution in [3.05, 3.63) is 0 Å². The van der Waals surface area contributed by atoms with Crippen molar-refractivity contribution < 1.29 is 0 Å². The first-order valence-corrected chi connectivity index (χ1v) is 7.11. The molecule has 0 aromatic carbocycles. The fraction of sp³-hybridized carbons (Fsp3) is 1.00. The number of halogens is 1. The molecule has 0 N–H and O–H groups in total. The number of fused-ring (bicyclic) bond motifs is 2. The Morgan fingerprint density at radius 3 is 2.00 bits per heavy atom. The average Bonchev–Trinajstić information content (AvgIpc) is 2.21. The third-order valence-electron chi connectivity index (χ3n) is 2.66. The smallest absolute Gasteiger partial charge is 0.156 e. The SMILES string of the molecule is Cl[Si]12CCC(CC1)C2. The minimum absolute atomic E-state index is 1.01. The van der Waals surface area contributed by atoms with Gasteiger partial charge in [0.25, 0.3) is 0 Å². The quantitative estimate of drug-likeness (QED) is 0.364. The van der Waals surface area contributed by atoms with Crippen molar-refractivity contribution in [2.75, 3.05) is 0 Å². The van der Waals surface area contributed by atoms with Gasteiger partial charge in [-0.3, -0.25) is 0 Å². The van der Waals surface area contributed by atoms with E-state index in [0.29, 0.717) is 0 Å². The molecule has 0 aromatic rings. The van der Waals surface area contributed by atoms with E-state index >= 15 is 0 Å². The first kappa shape index (κ1) is 5.30. The zero-order valence-electron chi connectivity index (χ0n) is 4.99. The zero-order chi connectivity index (χ0) is 5.61. The van der Waals surface area contributed by atoms with E-state index in [9.17, 15) is 0 Å². The van der Waals surface area contributed by atoms with Crippen molar-refractivity contribution in [1.82, 2.24) is 0 Å². The Kier molecular flexibility index (Phi) is 1.00. The maximum absolute atomic E-state index is 6.34. The van der Waals surface area contributed by atoms with Crippen LogP contribution in [0, 0.1) is 5.92 Å². The summed E-state index contributed by atoms with van der Waals surface area (Å²) in [6.45, 7) is 0. The van der Waals surface area contributed by atoms with Crippen LogP contribution in [0.15, 0.2) is 0 Å². The maximum atomic E-state index is 6.34. The molecule has 2 heterocycles. The summed E-state index contributed by atoms with van der Waals surface area (Å²) in [4.78, 5) is 0. The second kappa shape index (κ2) is 1.51. The highest BCUT2D eigenvalue weighted by Gasteiger charge is 2.45. The Bertz CT molecular complexity index is 105. The van der Waals surface area contributed by atoms with Crippen molar-refractivity contribution in [3.8, 4) is 0 Å². The molecular weight excluding hydrogens is 136 g/mol. The van der Waals surface area contributed by atoms with Gasteiger partial charge in [0.1, 0.15) is 0 Å². The van der Waals surface area contributed by atoms with E-state index in [1.165, 1.54) is 31.0 Å². The molecule has 0 nitrogen and oxygen atoms in total. The summed E-state index contributed by atoms with van der Waals surface area (Å²) in [6, 6.07) is 4.31. The van der Waals surface area contributed by atoms with Crippen LogP contribution in [0.3, 0.4) is 0 Å². The number of hydrogen-bond donors (Lipinski definition) is 0. The lowest BCUT2D eigenvalue weighted by molar-refractivity contribution is 0.577. The standard InChI is InChI=1S/C6H11ClSi/c7-8-3-1-6(5-8)2-4-8/h6H,1-5H2. The molecule has 2 aliphatic heterocycles. The molecular formula is C6H11ClSi. The van der Waals surface area contributed by atoms with Crippen LogP contribution in [0.1, 0.15) is 12.8 Å².